The van der Waals surface area contributed by atoms with Crippen LogP contribution in [0.15, 0.2) is 32.3 Å². The molecule has 27 heavy (non-hydrogen) atoms. The highest BCUT2D eigenvalue weighted by Crippen LogP contribution is 2.34. The predicted molar refractivity (Wildman–Crippen MR) is 117 cm³/mol. The minimum Gasteiger partial charge on any atom is -0.274 e. The van der Waals surface area contributed by atoms with Gasteiger partial charge in [0.05, 0.1) is 11.4 Å². The van der Waals surface area contributed by atoms with Gasteiger partial charge in [0, 0.05) is 18.1 Å². The average molecular weight is 437 g/mol. The van der Waals surface area contributed by atoms with Crippen LogP contribution in [-0.4, -0.2) is 26.8 Å². The van der Waals surface area contributed by atoms with Gasteiger partial charge < -0.3 is 0 Å². The fourth-order valence-corrected chi connectivity index (χ4v) is 6.30. The van der Waals surface area contributed by atoms with Crippen LogP contribution in [0.5, 0.6) is 0 Å². The number of anilines is 2. The van der Waals surface area contributed by atoms with E-state index >= 15 is 0 Å². The minimum absolute atomic E-state index is 0.0409. The lowest BCUT2D eigenvalue weighted by Crippen LogP contribution is -2.23. The van der Waals surface area contributed by atoms with Crippen LogP contribution in [0, 0.1) is 13.8 Å². The number of aromatic nitrogens is 3. The van der Waals surface area contributed by atoms with E-state index in [0.29, 0.717) is 10.9 Å². The van der Waals surface area contributed by atoms with Crippen molar-refractivity contribution in [2.75, 3.05) is 10.7 Å². The summed E-state index contributed by atoms with van der Waals surface area (Å²) in [5, 5.41) is 11.1. The molecular formula is C18H20N4OS4. The Morgan fingerprint density at radius 1 is 1.19 bits per heavy atom. The fraction of sp³-hybridized carbons (Fsp3) is 0.333. The molecule has 0 aliphatic carbocycles. The van der Waals surface area contributed by atoms with Crippen molar-refractivity contribution >= 4 is 62.9 Å². The van der Waals surface area contributed by atoms with Gasteiger partial charge in [-0.05, 0) is 31.2 Å². The van der Waals surface area contributed by atoms with Crippen molar-refractivity contribution in [3.8, 4) is 0 Å². The molecule has 0 aliphatic heterocycles. The Kier molecular flexibility index (Phi) is 6.91. The second-order valence-electron chi connectivity index (χ2n) is 5.82. The summed E-state index contributed by atoms with van der Waals surface area (Å²) in [7, 11) is 0. The summed E-state index contributed by atoms with van der Waals surface area (Å²) in [6.45, 7) is 7.74. The van der Waals surface area contributed by atoms with Crippen molar-refractivity contribution in [1.82, 2.24) is 15.2 Å². The second-order valence-corrected chi connectivity index (χ2v) is 10.4. The second kappa shape index (κ2) is 9.18. The van der Waals surface area contributed by atoms with Crippen LogP contribution in [0.4, 0.5) is 10.8 Å². The van der Waals surface area contributed by atoms with E-state index in [9.17, 15) is 4.79 Å². The van der Waals surface area contributed by atoms with E-state index in [1.54, 1.807) is 46.7 Å². The number of carbonyl (C=O) groups is 1. The smallest absolute Gasteiger partial charge is 0.230 e. The molecule has 142 valence electrons. The Labute approximate surface area is 175 Å². The lowest BCUT2D eigenvalue weighted by Gasteiger charge is -2.20. The molecule has 2 heterocycles. The van der Waals surface area contributed by atoms with E-state index in [4.69, 9.17) is 0 Å². The zero-order chi connectivity index (χ0) is 19.4. The standard InChI is InChI=1S/C18H20N4OS4/c1-5-24-17-20-21-18(27-17)26-10-14-9-25-16(19-14)22(13(4)23)15-7-6-11(2)8-12(15)3/h6-9H,5,10H2,1-4H3. The Bertz CT molecular complexity index is 937. The maximum Gasteiger partial charge on any atom is 0.230 e. The van der Waals surface area contributed by atoms with Crippen molar-refractivity contribution in [2.45, 2.75) is 42.1 Å². The van der Waals surface area contributed by atoms with Crippen LogP contribution in [0.25, 0.3) is 0 Å². The Morgan fingerprint density at radius 2 is 1.93 bits per heavy atom. The Balaban J connectivity index is 1.74. The largest absolute Gasteiger partial charge is 0.274 e. The molecule has 1 amide bonds. The highest BCUT2D eigenvalue weighted by molar-refractivity contribution is 8.02. The van der Waals surface area contributed by atoms with Crippen molar-refractivity contribution in [2.24, 2.45) is 0 Å². The number of carbonyl (C=O) groups excluding carboxylic acids is 1. The first-order valence-corrected chi connectivity index (χ1v) is 12.1. The van der Waals surface area contributed by atoms with E-state index in [-0.39, 0.29) is 5.91 Å². The number of benzene rings is 1. The number of hydrogen-bond acceptors (Lipinski definition) is 8. The monoisotopic (exact) mass is 436 g/mol. The maximum atomic E-state index is 12.3. The molecule has 2 aromatic heterocycles. The Morgan fingerprint density at radius 3 is 2.59 bits per heavy atom. The minimum atomic E-state index is -0.0409. The summed E-state index contributed by atoms with van der Waals surface area (Å²) >= 11 is 6.43. The SMILES string of the molecule is CCSc1nnc(SCc2csc(N(C(C)=O)c3ccc(C)cc3C)n2)s1. The lowest BCUT2D eigenvalue weighted by atomic mass is 10.1. The van der Waals surface area contributed by atoms with Gasteiger partial charge in [0.15, 0.2) is 13.8 Å². The topological polar surface area (TPSA) is 59.0 Å². The molecule has 0 spiro atoms. The maximum absolute atomic E-state index is 12.3. The van der Waals surface area contributed by atoms with Crippen LogP contribution in [-0.2, 0) is 10.5 Å². The number of thioether (sulfide) groups is 2. The third kappa shape index (κ3) is 5.10. The summed E-state index contributed by atoms with van der Waals surface area (Å²) in [6.07, 6.45) is 0. The number of nitrogens with zero attached hydrogens (tertiary/aromatic N) is 4. The van der Waals surface area contributed by atoms with Gasteiger partial charge in [-0.3, -0.25) is 9.69 Å². The summed E-state index contributed by atoms with van der Waals surface area (Å²) in [5.74, 6) is 1.66. The van der Waals surface area contributed by atoms with Crippen molar-refractivity contribution in [3.05, 3.63) is 40.4 Å². The quantitative estimate of drug-likeness (QED) is 0.443. The summed E-state index contributed by atoms with van der Waals surface area (Å²) in [5.41, 5.74) is 4.06. The molecule has 0 saturated heterocycles. The first-order valence-electron chi connectivity index (χ1n) is 8.39. The molecule has 0 N–H and O–H groups in total. The van der Waals surface area contributed by atoms with E-state index in [2.05, 4.69) is 28.2 Å². The number of thiazole rings is 1. The van der Waals surface area contributed by atoms with Crippen LogP contribution in [0.1, 0.15) is 30.7 Å². The molecule has 0 aliphatic rings. The predicted octanol–water partition coefficient (Wildman–Crippen LogP) is 5.70. The van der Waals surface area contributed by atoms with E-state index in [1.807, 2.05) is 31.4 Å². The average Bonchev–Trinajstić information content (AvgIpc) is 3.25. The van der Waals surface area contributed by atoms with Crippen LogP contribution in [0.3, 0.4) is 0 Å². The molecule has 1 aromatic carbocycles. The zero-order valence-electron chi connectivity index (χ0n) is 15.6. The van der Waals surface area contributed by atoms with E-state index < -0.39 is 0 Å². The van der Waals surface area contributed by atoms with Gasteiger partial charge in [0.1, 0.15) is 0 Å². The summed E-state index contributed by atoms with van der Waals surface area (Å²) < 4.78 is 1.94. The number of hydrogen-bond donors (Lipinski definition) is 0. The lowest BCUT2D eigenvalue weighted by molar-refractivity contribution is -0.115. The third-order valence-corrected chi connectivity index (χ3v) is 7.62. The molecule has 0 unspecified atom stereocenters. The van der Waals surface area contributed by atoms with Crippen LogP contribution in [0.2, 0.25) is 0 Å². The summed E-state index contributed by atoms with van der Waals surface area (Å²) in [4.78, 5) is 18.7. The van der Waals surface area contributed by atoms with Crippen LogP contribution >= 0.6 is 46.2 Å². The van der Waals surface area contributed by atoms with Gasteiger partial charge in [0.2, 0.25) is 5.91 Å². The zero-order valence-corrected chi connectivity index (χ0v) is 18.8. The molecule has 0 radical (unpaired) electrons. The first-order chi connectivity index (χ1) is 13.0. The van der Waals surface area contributed by atoms with Crippen molar-refractivity contribution in [1.29, 1.82) is 0 Å². The fourth-order valence-electron chi connectivity index (χ4n) is 2.50. The van der Waals surface area contributed by atoms with Gasteiger partial charge in [0.25, 0.3) is 0 Å². The molecular weight excluding hydrogens is 416 g/mol. The van der Waals surface area contributed by atoms with Gasteiger partial charge >= 0.3 is 0 Å². The molecule has 0 bridgehead atoms. The highest BCUT2D eigenvalue weighted by Gasteiger charge is 2.20. The number of aryl methyl sites for hydroxylation is 2. The van der Waals surface area contributed by atoms with Gasteiger partial charge in [-0.2, -0.15) is 0 Å². The first kappa shape index (κ1) is 20.3. The molecule has 9 heteroatoms. The third-order valence-electron chi connectivity index (χ3n) is 3.64. The molecule has 3 rings (SSSR count). The molecule has 5 nitrogen and oxygen atoms in total. The van der Waals surface area contributed by atoms with Crippen molar-refractivity contribution in [3.63, 3.8) is 0 Å². The molecule has 0 fully saturated rings. The van der Waals surface area contributed by atoms with Crippen LogP contribution < -0.4 is 4.90 Å². The number of amides is 1. The Hall–Kier alpha value is -1.42. The number of rotatable bonds is 7. The molecule has 0 saturated carbocycles. The normalized spacial score (nSPS) is 11.0. The molecule has 3 aromatic rings. The van der Waals surface area contributed by atoms with E-state index in [1.165, 1.54) is 16.9 Å². The van der Waals surface area contributed by atoms with Gasteiger partial charge in [-0.25, -0.2) is 4.98 Å². The highest BCUT2D eigenvalue weighted by atomic mass is 32.2. The summed E-state index contributed by atoms with van der Waals surface area (Å²) in [6, 6.07) is 6.08. The van der Waals surface area contributed by atoms with Gasteiger partial charge in [-0.1, -0.05) is 59.5 Å². The van der Waals surface area contributed by atoms with E-state index in [0.717, 1.165) is 31.4 Å². The van der Waals surface area contributed by atoms with Gasteiger partial charge in [-0.15, -0.1) is 21.5 Å². The van der Waals surface area contributed by atoms with Crippen molar-refractivity contribution < 1.29 is 4.79 Å². The molecule has 0 atom stereocenters.